The number of nitrogens with one attached hydrogen (secondary N) is 1. The zero-order valence-electron chi connectivity index (χ0n) is 10.3. The molecule has 0 spiro atoms. The highest BCUT2D eigenvalue weighted by Crippen LogP contribution is 2.10. The first-order chi connectivity index (χ1) is 7.56. The second-order valence-corrected chi connectivity index (χ2v) is 4.45. The maximum Gasteiger partial charge on any atom is 0.326 e. The number of urea groups is 1. The van der Waals surface area contributed by atoms with Crippen LogP contribution in [0, 0.1) is 5.92 Å². The molecular weight excluding hydrogens is 206 g/mol. The van der Waals surface area contributed by atoms with Crippen molar-refractivity contribution in [2.75, 3.05) is 33.2 Å². The lowest BCUT2D eigenvalue weighted by Crippen LogP contribution is -2.38. The van der Waals surface area contributed by atoms with Crippen molar-refractivity contribution in [3.05, 3.63) is 0 Å². The van der Waals surface area contributed by atoms with Crippen LogP contribution in [0.4, 0.5) is 4.79 Å². The summed E-state index contributed by atoms with van der Waals surface area (Å²) in [5.41, 5.74) is 0. The van der Waals surface area contributed by atoms with Gasteiger partial charge in [0.15, 0.2) is 0 Å². The summed E-state index contributed by atoms with van der Waals surface area (Å²) in [5.74, 6) is 0.209. The minimum Gasteiger partial charge on any atom is -0.318 e. The lowest BCUT2D eigenvalue weighted by atomic mass is 10.1. The van der Waals surface area contributed by atoms with Crippen LogP contribution in [0.2, 0.25) is 0 Å². The van der Waals surface area contributed by atoms with Gasteiger partial charge in [-0.2, -0.15) is 0 Å². The van der Waals surface area contributed by atoms with E-state index in [1.54, 1.807) is 7.05 Å². The van der Waals surface area contributed by atoms with Crippen LogP contribution in [0.1, 0.15) is 20.3 Å². The Labute approximate surface area is 96.8 Å². The average Bonchev–Trinajstić information content (AvgIpc) is 2.46. The summed E-state index contributed by atoms with van der Waals surface area (Å²) in [4.78, 5) is 25.9. The molecule has 0 saturated carbocycles. The Morgan fingerprint density at radius 2 is 2.12 bits per heavy atom. The number of rotatable bonds is 6. The highest BCUT2D eigenvalue weighted by atomic mass is 16.2. The van der Waals surface area contributed by atoms with Crippen LogP contribution in [-0.2, 0) is 4.79 Å². The van der Waals surface area contributed by atoms with Gasteiger partial charge in [0.25, 0.3) is 0 Å². The molecule has 1 aliphatic rings. The fourth-order valence-electron chi connectivity index (χ4n) is 1.75. The third-order valence-electron chi connectivity index (χ3n) is 2.64. The minimum absolute atomic E-state index is 0.0881. The molecule has 3 amide bonds. The Morgan fingerprint density at radius 1 is 1.44 bits per heavy atom. The van der Waals surface area contributed by atoms with E-state index in [-0.39, 0.29) is 18.5 Å². The van der Waals surface area contributed by atoms with E-state index >= 15 is 0 Å². The predicted molar refractivity (Wildman–Crippen MR) is 62.1 cm³/mol. The molecule has 1 fully saturated rings. The van der Waals surface area contributed by atoms with Crippen molar-refractivity contribution in [1.29, 1.82) is 0 Å². The Kier molecular flexibility index (Phi) is 4.73. The summed E-state index contributed by atoms with van der Waals surface area (Å²) >= 11 is 0. The zero-order chi connectivity index (χ0) is 12.1. The van der Waals surface area contributed by atoms with Crippen molar-refractivity contribution in [3.8, 4) is 0 Å². The monoisotopic (exact) mass is 227 g/mol. The molecule has 0 bridgehead atoms. The van der Waals surface area contributed by atoms with Crippen molar-refractivity contribution in [1.82, 2.24) is 15.1 Å². The first kappa shape index (κ1) is 13.0. The van der Waals surface area contributed by atoms with Gasteiger partial charge in [-0.1, -0.05) is 13.8 Å². The lowest BCUT2D eigenvalue weighted by Gasteiger charge is -2.19. The van der Waals surface area contributed by atoms with E-state index in [4.69, 9.17) is 0 Å². The fraction of sp³-hybridized carbons (Fsp3) is 0.818. The van der Waals surface area contributed by atoms with Gasteiger partial charge >= 0.3 is 6.03 Å². The van der Waals surface area contributed by atoms with Gasteiger partial charge in [-0.3, -0.25) is 9.69 Å². The Bertz CT molecular complexity index is 268. The molecule has 0 radical (unpaired) electrons. The molecule has 1 atom stereocenters. The van der Waals surface area contributed by atoms with Crippen LogP contribution in [-0.4, -0.2) is 55.0 Å². The second kappa shape index (κ2) is 5.84. The van der Waals surface area contributed by atoms with Crippen molar-refractivity contribution >= 4 is 11.9 Å². The molecule has 1 saturated heterocycles. The SMILES string of the molecule is CCCNCC(C)CN1C(=O)CN(C)C1=O. The number of nitrogens with zero attached hydrogens (tertiary/aromatic N) is 2. The quantitative estimate of drug-likeness (QED) is 0.531. The Morgan fingerprint density at radius 3 is 2.62 bits per heavy atom. The standard InChI is InChI=1S/C11H21N3O2/c1-4-5-12-6-9(2)7-14-10(15)8-13(3)11(14)16/h9,12H,4-8H2,1-3H3. The van der Waals surface area contributed by atoms with Crippen LogP contribution >= 0.6 is 0 Å². The highest BCUT2D eigenvalue weighted by molar-refractivity contribution is 6.01. The molecule has 1 heterocycles. The first-order valence-electron chi connectivity index (χ1n) is 5.82. The molecule has 0 aromatic rings. The van der Waals surface area contributed by atoms with Crippen LogP contribution in [0.5, 0.6) is 0 Å². The molecule has 0 aliphatic carbocycles. The number of likely N-dealkylation sites (N-methyl/N-ethyl adjacent to an activating group) is 1. The van der Waals surface area contributed by atoms with Gasteiger partial charge in [0.1, 0.15) is 6.54 Å². The fourth-order valence-corrected chi connectivity index (χ4v) is 1.75. The molecule has 16 heavy (non-hydrogen) atoms. The number of hydrogen-bond donors (Lipinski definition) is 1. The number of carbonyl (C=O) groups excluding carboxylic acids is 2. The van der Waals surface area contributed by atoms with E-state index in [1.165, 1.54) is 9.80 Å². The van der Waals surface area contributed by atoms with E-state index in [1.807, 2.05) is 6.92 Å². The summed E-state index contributed by atoms with van der Waals surface area (Å²) in [5, 5.41) is 3.29. The molecule has 92 valence electrons. The van der Waals surface area contributed by atoms with Crippen molar-refractivity contribution in [2.24, 2.45) is 5.92 Å². The molecule has 1 unspecified atom stereocenters. The second-order valence-electron chi connectivity index (χ2n) is 4.45. The molecule has 5 nitrogen and oxygen atoms in total. The molecule has 5 heteroatoms. The smallest absolute Gasteiger partial charge is 0.318 e. The van der Waals surface area contributed by atoms with E-state index < -0.39 is 0 Å². The number of imide groups is 1. The largest absolute Gasteiger partial charge is 0.326 e. The predicted octanol–water partition coefficient (Wildman–Crippen LogP) is 0.516. The summed E-state index contributed by atoms with van der Waals surface area (Å²) in [7, 11) is 1.65. The molecule has 1 aliphatic heterocycles. The van der Waals surface area contributed by atoms with E-state index in [2.05, 4.69) is 12.2 Å². The van der Waals surface area contributed by atoms with Crippen molar-refractivity contribution in [2.45, 2.75) is 20.3 Å². The molecule has 0 aromatic heterocycles. The highest BCUT2D eigenvalue weighted by Gasteiger charge is 2.33. The molecule has 1 N–H and O–H groups in total. The summed E-state index contributed by atoms with van der Waals surface area (Å²) in [6.45, 7) is 6.70. The van der Waals surface area contributed by atoms with E-state index in [0.29, 0.717) is 12.5 Å². The van der Waals surface area contributed by atoms with Gasteiger partial charge in [0, 0.05) is 13.6 Å². The maximum atomic E-state index is 11.6. The van der Waals surface area contributed by atoms with Crippen LogP contribution < -0.4 is 5.32 Å². The van der Waals surface area contributed by atoms with Crippen LogP contribution in [0.3, 0.4) is 0 Å². The molecule has 0 aromatic carbocycles. The summed E-state index contributed by atoms with van der Waals surface area (Å²) < 4.78 is 0. The number of hydrogen-bond acceptors (Lipinski definition) is 3. The maximum absolute atomic E-state index is 11.6. The summed E-state index contributed by atoms with van der Waals surface area (Å²) in [6, 6.07) is -0.174. The topological polar surface area (TPSA) is 52.7 Å². The Balaban J connectivity index is 2.35. The molecule has 1 rings (SSSR count). The van der Waals surface area contributed by atoms with Crippen molar-refractivity contribution < 1.29 is 9.59 Å². The van der Waals surface area contributed by atoms with Gasteiger partial charge in [-0.05, 0) is 25.4 Å². The van der Waals surface area contributed by atoms with Gasteiger partial charge in [0.05, 0.1) is 0 Å². The number of amides is 3. The summed E-state index contributed by atoms with van der Waals surface area (Å²) in [6.07, 6.45) is 1.09. The van der Waals surface area contributed by atoms with Crippen LogP contribution in [0.25, 0.3) is 0 Å². The third-order valence-corrected chi connectivity index (χ3v) is 2.64. The van der Waals surface area contributed by atoms with Gasteiger partial charge in [-0.15, -0.1) is 0 Å². The normalized spacial score (nSPS) is 18.4. The van der Waals surface area contributed by atoms with Gasteiger partial charge in [0.2, 0.25) is 5.91 Å². The molecular formula is C11H21N3O2. The number of carbonyl (C=O) groups is 2. The minimum atomic E-state index is -0.174. The van der Waals surface area contributed by atoms with Crippen molar-refractivity contribution in [3.63, 3.8) is 0 Å². The zero-order valence-corrected chi connectivity index (χ0v) is 10.3. The van der Waals surface area contributed by atoms with E-state index in [0.717, 1.165) is 19.5 Å². The Hall–Kier alpha value is -1.10. The lowest BCUT2D eigenvalue weighted by molar-refractivity contribution is -0.125. The average molecular weight is 227 g/mol. The van der Waals surface area contributed by atoms with Crippen LogP contribution in [0.15, 0.2) is 0 Å². The van der Waals surface area contributed by atoms with E-state index in [9.17, 15) is 9.59 Å². The van der Waals surface area contributed by atoms with Gasteiger partial charge < -0.3 is 10.2 Å². The first-order valence-corrected chi connectivity index (χ1v) is 5.82. The van der Waals surface area contributed by atoms with Gasteiger partial charge in [-0.25, -0.2) is 4.79 Å². The third kappa shape index (κ3) is 3.20.